The van der Waals surface area contributed by atoms with Crippen molar-refractivity contribution in [1.29, 1.82) is 0 Å². The van der Waals surface area contributed by atoms with Crippen LogP contribution in [0.1, 0.15) is 5.56 Å². The van der Waals surface area contributed by atoms with Crippen molar-refractivity contribution in [2.75, 3.05) is 7.11 Å². The third kappa shape index (κ3) is 1.86. The van der Waals surface area contributed by atoms with Crippen molar-refractivity contribution >= 4 is 33.5 Å². The monoisotopic (exact) mass is 315 g/mol. The second kappa shape index (κ2) is 3.84. The Morgan fingerprint density at radius 3 is 2.73 bits per heavy atom. The van der Waals surface area contributed by atoms with Crippen LogP contribution in [0.5, 0.6) is 5.75 Å². The maximum absolute atomic E-state index is 11.4. The Hall–Kier alpha value is -1.04. The first kappa shape index (κ1) is 10.5. The summed E-state index contributed by atoms with van der Waals surface area (Å²) in [6, 6.07) is 5.73. The molecule has 1 N–H and O–H groups in total. The van der Waals surface area contributed by atoms with E-state index >= 15 is 0 Å². The van der Waals surface area contributed by atoms with Crippen LogP contribution in [-0.4, -0.2) is 12.1 Å². The van der Waals surface area contributed by atoms with Gasteiger partial charge in [0.25, 0.3) is 5.56 Å². The Kier molecular flexibility index (Phi) is 2.68. The van der Waals surface area contributed by atoms with Crippen LogP contribution in [0.25, 0.3) is 10.9 Å². The van der Waals surface area contributed by atoms with E-state index in [1.807, 2.05) is 47.7 Å². The number of ether oxygens (including phenoxy) is 1. The van der Waals surface area contributed by atoms with Crippen molar-refractivity contribution in [1.82, 2.24) is 4.98 Å². The number of hydrogen-bond acceptors (Lipinski definition) is 2. The lowest BCUT2D eigenvalue weighted by molar-refractivity contribution is 0.412. The van der Waals surface area contributed by atoms with E-state index in [1.54, 1.807) is 7.11 Å². The number of fused-ring (bicyclic) bond motifs is 1. The van der Waals surface area contributed by atoms with Gasteiger partial charge in [-0.2, -0.15) is 0 Å². The van der Waals surface area contributed by atoms with E-state index in [4.69, 9.17) is 4.74 Å². The summed E-state index contributed by atoms with van der Waals surface area (Å²) in [5.41, 5.74) is 1.81. The Balaban J connectivity index is 2.82. The highest BCUT2D eigenvalue weighted by molar-refractivity contribution is 14.1. The minimum Gasteiger partial charge on any atom is -0.496 e. The van der Waals surface area contributed by atoms with Crippen molar-refractivity contribution < 1.29 is 4.74 Å². The molecule has 0 aliphatic heterocycles. The summed E-state index contributed by atoms with van der Waals surface area (Å²) < 4.78 is 5.90. The Morgan fingerprint density at radius 1 is 1.33 bits per heavy atom. The highest BCUT2D eigenvalue weighted by Gasteiger charge is 2.04. The van der Waals surface area contributed by atoms with Crippen molar-refractivity contribution in [2.24, 2.45) is 0 Å². The summed E-state index contributed by atoms with van der Waals surface area (Å²) in [6.45, 7) is 1.98. The zero-order valence-electron chi connectivity index (χ0n) is 8.43. The molecule has 0 aliphatic carbocycles. The van der Waals surface area contributed by atoms with Gasteiger partial charge in [0.1, 0.15) is 5.75 Å². The number of aromatic amines is 1. The third-order valence-corrected chi connectivity index (χ3v) is 3.12. The molecule has 0 saturated carbocycles. The molecule has 0 saturated heterocycles. The second-order valence-corrected chi connectivity index (χ2v) is 4.52. The molecule has 4 heteroatoms. The molecule has 3 nitrogen and oxygen atoms in total. The molecule has 0 atom stereocenters. The summed E-state index contributed by atoms with van der Waals surface area (Å²) >= 11 is 2.03. The number of H-pyrrole nitrogens is 1. The average Bonchev–Trinajstić information content (AvgIpc) is 2.20. The standard InChI is InChI=1S/C11H10INO2/c1-6-3-7-4-8(12)11(14)13-9(7)5-10(6)15-2/h3-5H,1-2H3,(H,13,14). The van der Waals surface area contributed by atoms with E-state index in [0.717, 1.165) is 22.2 Å². The number of methoxy groups -OCH3 is 1. The largest absolute Gasteiger partial charge is 0.496 e. The van der Waals surface area contributed by atoms with Gasteiger partial charge in [-0.15, -0.1) is 0 Å². The minimum absolute atomic E-state index is 0.0611. The molecular weight excluding hydrogens is 305 g/mol. The Labute approximate surface area is 101 Å². The van der Waals surface area contributed by atoms with Gasteiger partial charge in [0.05, 0.1) is 16.2 Å². The fourth-order valence-corrected chi connectivity index (χ4v) is 2.01. The number of hydrogen-bond donors (Lipinski definition) is 1. The smallest absolute Gasteiger partial charge is 0.261 e. The van der Waals surface area contributed by atoms with E-state index in [1.165, 1.54) is 0 Å². The molecule has 0 fully saturated rings. The van der Waals surface area contributed by atoms with Gasteiger partial charge in [0.15, 0.2) is 0 Å². The molecule has 0 unspecified atom stereocenters. The van der Waals surface area contributed by atoms with E-state index in [9.17, 15) is 4.79 Å². The van der Waals surface area contributed by atoms with Crippen molar-refractivity contribution in [2.45, 2.75) is 6.92 Å². The van der Waals surface area contributed by atoms with Crippen LogP contribution >= 0.6 is 22.6 Å². The Bertz CT molecular complexity index is 575. The molecule has 15 heavy (non-hydrogen) atoms. The lowest BCUT2D eigenvalue weighted by Gasteiger charge is -2.06. The molecule has 78 valence electrons. The zero-order valence-corrected chi connectivity index (χ0v) is 10.6. The first-order chi connectivity index (χ1) is 7.11. The summed E-state index contributed by atoms with van der Waals surface area (Å²) in [4.78, 5) is 14.2. The van der Waals surface area contributed by atoms with Crippen LogP contribution in [0.2, 0.25) is 0 Å². The maximum Gasteiger partial charge on any atom is 0.261 e. The number of rotatable bonds is 1. The summed E-state index contributed by atoms with van der Waals surface area (Å²) in [7, 11) is 1.62. The number of halogens is 1. The predicted octanol–water partition coefficient (Wildman–Crippen LogP) is 2.45. The molecule has 2 aromatic rings. The zero-order chi connectivity index (χ0) is 11.0. The minimum atomic E-state index is -0.0611. The number of nitrogens with one attached hydrogen (secondary N) is 1. The summed E-state index contributed by atoms with van der Waals surface area (Å²) in [5.74, 6) is 0.791. The van der Waals surface area contributed by atoms with Crippen LogP contribution < -0.4 is 10.3 Å². The van der Waals surface area contributed by atoms with E-state index in [0.29, 0.717) is 3.57 Å². The number of aromatic nitrogens is 1. The summed E-state index contributed by atoms with van der Waals surface area (Å²) in [6.07, 6.45) is 0. The number of benzene rings is 1. The van der Waals surface area contributed by atoms with Gasteiger partial charge in [-0.05, 0) is 52.6 Å². The first-order valence-electron chi connectivity index (χ1n) is 4.49. The molecule has 1 aromatic heterocycles. The van der Waals surface area contributed by atoms with Crippen LogP contribution in [0.15, 0.2) is 23.0 Å². The molecule has 0 spiro atoms. The highest BCUT2D eigenvalue weighted by Crippen LogP contribution is 2.23. The SMILES string of the molecule is COc1cc2[nH]c(=O)c(I)cc2cc1C. The van der Waals surface area contributed by atoms with E-state index < -0.39 is 0 Å². The maximum atomic E-state index is 11.4. The molecule has 0 aliphatic rings. The lowest BCUT2D eigenvalue weighted by Crippen LogP contribution is -2.08. The van der Waals surface area contributed by atoms with Crippen LogP contribution in [0.4, 0.5) is 0 Å². The molecule has 0 amide bonds. The van der Waals surface area contributed by atoms with E-state index in [2.05, 4.69) is 4.98 Å². The lowest BCUT2D eigenvalue weighted by atomic mass is 10.1. The molecule has 1 aromatic carbocycles. The molecule has 1 heterocycles. The molecule has 0 radical (unpaired) electrons. The van der Waals surface area contributed by atoms with Gasteiger partial charge < -0.3 is 9.72 Å². The van der Waals surface area contributed by atoms with Crippen LogP contribution in [0, 0.1) is 10.5 Å². The van der Waals surface area contributed by atoms with Gasteiger partial charge in [0.2, 0.25) is 0 Å². The van der Waals surface area contributed by atoms with Gasteiger partial charge in [-0.25, -0.2) is 0 Å². The van der Waals surface area contributed by atoms with Crippen LogP contribution in [-0.2, 0) is 0 Å². The quantitative estimate of drug-likeness (QED) is 0.822. The molecular formula is C11H10INO2. The first-order valence-corrected chi connectivity index (χ1v) is 5.57. The number of pyridine rings is 1. The Morgan fingerprint density at radius 2 is 2.07 bits per heavy atom. The second-order valence-electron chi connectivity index (χ2n) is 3.36. The fourth-order valence-electron chi connectivity index (χ4n) is 1.54. The van der Waals surface area contributed by atoms with Crippen LogP contribution in [0.3, 0.4) is 0 Å². The van der Waals surface area contributed by atoms with Gasteiger partial charge in [0, 0.05) is 6.07 Å². The molecule has 2 rings (SSSR count). The fraction of sp³-hybridized carbons (Fsp3) is 0.182. The van der Waals surface area contributed by atoms with Gasteiger partial charge in [-0.1, -0.05) is 0 Å². The van der Waals surface area contributed by atoms with Gasteiger partial charge in [-0.3, -0.25) is 4.79 Å². The third-order valence-electron chi connectivity index (χ3n) is 2.31. The summed E-state index contributed by atoms with van der Waals surface area (Å²) in [5, 5.41) is 1.03. The highest BCUT2D eigenvalue weighted by atomic mass is 127. The average molecular weight is 315 g/mol. The van der Waals surface area contributed by atoms with Crippen molar-refractivity contribution in [3.05, 3.63) is 37.7 Å². The normalized spacial score (nSPS) is 10.6. The van der Waals surface area contributed by atoms with Gasteiger partial charge >= 0.3 is 0 Å². The van der Waals surface area contributed by atoms with Crippen molar-refractivity contribution in [3.8, 4) is 5.75 Å². The van der Waals surface area contributed by atoms with Crippen molar-refractivity contribution in [3.63, 3.8) is 0 Å². The molecule has 0 bridgehead atoms. The predicted molar refractivity (Wildman–Crippen MR) is 68.6 cm³/mol. The topological polar surface area (TPSA) is 42.1 Å². The number of aryl methyl sites for hydroxylation is 1. The van der Waals surface area contributed by atoms with E-state index in [-0.39, 0.29) is 5.56 Å².